The third-order valence-corrected chi connectivity index (χ3v) is 7.70. The van der Waals surface area contributed by atoms with Gasteiger partial charge in [0.15, 0.2) is 0 Å². The second kappa shape index (κ2) is 10.9. The highest BCUT2D eigenvalue weighted by atomic mass is 32.1. The van der Waals surface area contributed by atoms with Crippen molar-refractivity contribution in [3.63, 3.8) is 0 Å². The van der Waals surface area contributed by atoms with Gasteiger partial charge in [-0.3, -0.25) is 14.6 Å². The SMILES string of the molecule is Cc1ccc(C(=O)NCCc2cccs2)c(C2CCN(C(=O)/C=C/c3c[nH]c4ccccc34)CC2)n1. The number of benzene rings is 1. The van der Waals surface area contributed by atoms with Crippen molar-refractivity contribution < 1.29 is 9.59 Å². The zero-order valence-electron chi connectivity index (χ0n) is 20.4. The molecule has 1 fully saturated rings. The highest BCUT2D eigenvalue weighted by Gasteiger charge is 2.27. The van der Waals surface area contributed by atoms with Crippen LogP contribution < -0.4 is 5.32 Å². The summed E-state index contributed by atoms with van der Waals surface area (Å²) in [5.74, 6) is 0.0984. The maximum atomic E-state index is 13.0. The molecule has 0 spiro atoms. The number of carbonyl (C=O) groups excluding carboxylic acids is 2. The number of pyridine rings is 1. The predicted octanol–water partition coefficient (Wildman–Crippen LogP) is 5.32. The average Bonchev–Trinajstić information content (AvgIpc) is 3.57. The zero-order chi connectivity index (χ0) is 24.9. The Balaban J connectivity index is 1.20. The van der Waals surface area contributed by atoms with E-state index in [1.165, 1.54) is 4.88 Å². The third kappa shape index (κ3) is 5.41. The average molecular weight is 499 g/mol. The summed E-state index contributed by atoms with van der Waals surface area (Å²) in [4.78, 5) is 37.0. The third-order valence-electron chi connectivity index (χ3n) is 6.77. The molecule has 1 aliphatic rings. The molecular formula is C29H30N4O2S. The molecule has 4 aromatic rings. The van der Waals surface area contributed by atoms with Crippen molar-refractivity contribution in [2.24, 2.45) is 0 Å². The van der Waals surface area contributed by atoms with Crippen LogP contribution in [0.1, 0.15) is 50.9 Å². The van der Waals surface area contributed by atoms with Crippen LogP contribution in [0.5, 0.6) is 0 Å². The van der Waals surface area contributed by atoms with E-state index in [0.29, 0.717) is 25.2 Å². The van der Waals surface area contributed by atoms with E-state index in [9.17, 15) is 9.59 Å². The second-order valence-corrected chi connectivity index (χ2v) is 10.2. The summed E-state index contributed by atoms with van der Waals surface area (Å²) >= 11 is 1.70. The summed E-state index contributed by atoms with van der Waals surface area (Å²) in [7, 11) is 0. The predicted molar refractivity (Wildman–Crippen MR) is 145 cm³/mol. The van der Waals surface area contributed by atoms with Gasteiger partial charge >= 0.3 is 0 Å². The Morgan fingerprint density at radius 2 is 1.97 bits per heavy atom. The van der Waals surface area contributed by atoms with E-state index in [0.717, 1.165) is 47.1 Å². The van der Waals surface area contributed by atoms with Gasteiger partial charge in [-0.2, -0.15) is 0 Å². The highest BCUT2D eigenvalue weighted by Crippen LogP contribution is 2.30. The number of nitrogens with one attached hydrogen (secondary N) is 2. The molecule has 0 bridgehead atoms. The number of hydrogen-bond donors (Lipinski definition) is 2. The van der Waals surface area contributed by atoms with Gasteiger partial charge in [-0.25, -0.2) is 0 Å². The Hall–Kier alpha value is -3.71. The molecule has 2 N–H and O–H groups in total. The van der Waals surface area contributed by atoms with Gasteiger partial charge in [-0.15, -0.1) is 11.3 Å². The Morgan fingerprint density at radius 3 is 2.78 bits per heavy atom. The highest BCUT2D eigenvalue weighted by molar-refractivity contribution is 7.09. The van der Waals surface area contributed by atoms with Crippen molar-refractivity contribution in [1.29, 1.82) is 0 Å². The van der Waals surface area contributed by atoms with Gasteiger partial charge in [0.05, 0.1) is 11.3 Å². The molecule has 184 valence electrons. The van der Waals surface area contributed by atoms with Crippen LogP contribution in [0.4, 0.5) is 0 Å². The molecule has 2 amide bonds. The van der Waals surface area contributed by atoms with Crippen LogP contribution in [0.3, 0.4) is 0 Å². The fraction of sp³-hybridized carbons (Fsp3) is 0.276. The molecule has 4 heterocycles. The molecular weight excluding hydrogens is 468 g/mol. The number of fused-ring (bicyclic) bond motifs is 1. The van der Waals surface area contributed by atoms with E-state index in [4.69, 9.17) is 4.98 Å². The van der Waals surface area contributed by atoms with Crippen LogP contribution in [-0.2, 0) is 11.2 Å². The molecule has 0 aliphatic carbocycles. The Labute approximate surface area is 215 Å². The molecule has 1 aliphatic heterocycles. The molecule has 1 saturated heterocycles. The number of aromatic nitrogens is 2. The number of aromatic amines is 1. The molecule has 3 aromatic heterocycles. The maximum absolute atomic E-state index is 13.0. The van der Waals surface area contributed by atoms with E-state index in [1.807, 2.05) is 71.9 Å². The minimum absolute atomic E-state index is 0.0162. The topological polar surface area (TPSA) is 78.1 Å². The van der Waals surface area contributed by atoms with Gasteiger partial charge in [-0.1, -0.05) is 24.3 Å². The molecule has 7 heteroatoms. The largest absolute Gasteiger partial charge is 0.361 e. The first-order valence-corrected chi connectivity index (χ1v) is 13.3. The normalized spacial score (nSPS) is 14.5. The van der Waals surface area contributed by atoms with Crippen molar-refractivity contribution in [2.45, 2.75) is 32.1 Å². The molecule has 6 nitrogen and oxygen atoms in total. The summed E-state index contributed by atoms with van der Waals surface area (Å²) in [6.45, 7) is 3.85. The molecule has 36 heavy (non-hydrogen) atoms. The lowest BCUT2D eigenvalue weighted by atomic mass is 9.89. The summed E-state index contributed by atoms with van der Waals surface area (Å²) < 4.78 is 0. The van der Waals surface area contributed by atoms with Gasteiger partial charge in [0.2, 0.25) is 5.91 Å². The number of nitrogens with zero attached hydrogens (tertiary/aromatic N) is 2. The molecule has 5 rings (SSSR count). The lowest BCUT2D eigenvalue weighted by Crippen LogP contribution is -2.37. The van der Waals surface area contributed by atoms with Gasteiger partial charge in [0.25, 0.3) is 5.91 Å². The van der Waals surface area contributed by atoms with Crippen LogP contribution in [0.2, 0.25) is 0 Å². The van der Waals surface area contributed by atoms with Gasteiger partial charge in [0.1, 0.15) is 0 Å². The quantitative estimate of drug-likeness (QED) is 0.338. The number of piperidine rings is 1. The van der Waals surface area contributed by atoms with Gasteiger partial charge < -0.3 is 15.2 Å². The molecule has 0 saturated carbocycles. The van der Waals surface area contributed by atoms with Crippen LogP contribution in [-0.4, -0.2) is 46.3 Å². The minimum Gasteiger partial charge on any atom is -0.361 e. The Bertz CT molecular complexity index is 1380. The smallest absolute Gasteiger partial charge is 0.253 e. The zero-order valence-corrected chi connectivity index (χ0v) is 21.2. The van der Waals surface area contributed by atoms with Crippen molar-refractivity contribution >= 4 is 40.1 Å². The van der Waals surface area contributed by atoms with Crippen LogP contribution in [0.25, 0.3) is 17.0 Å². The Kier molecular flexibility index (Phi) is 7.28. The summed E-state index contributed by atoms with van der Waals surface area (Å²) in [5.41, 5.74) is 4.47. The molecule has 0 unspecified atom stereocenters. The van der Waals surface area contributed by atoms with Crippen LogP contribution in [0, 0.1) is 6.92 Å². The summed E-state index contributed by atoms with van der Waals surface area (Å²) in [6.07, 6.45) is 7.88. The first kappa shape index (κ1) is 24.0. The first-order chi connectivity index (χ1) is 17.6. The molecule has 0 radical (unpaired) electrons. The number of hydrogen-bond acceptors (Lipinski definition) is 4. The summed E-state index contributed by atoms with van der Waals surface area (Å²) in [5, 5.41) is 6.21. The van der Waals surface area contributed by atoms with E-state index in [2.05, 4.69) is 16.4 Å². The number of thiophene rings is 1. The van der Waals surface area contributed by atoms with Crippen LogP contribution >= 0.6 is 11.3 Å². The fourth-order valence-corrected chi connectivity index (χ4v) is 5.51. The van der Waals surface area contributed by atoms with Crippen molar-refractivity contribution in [1.82, 2.24) is 20.2 Å². The maximum Gasteiger partial charge on any atom is 0.253 e. The standard InChI is InChI=1S/C29H30N4O2S/c1-20-8-10-25(29(35)30-15-12-23-5-4-18-36-23)28(32-20)21-13-16-33(17-14-21)27(34)11-9-22-19-31-26-7-3-2-6-24(22)26/h2-11,18-19,21,31H,12-17H2,1H3,(H,30,35)/b11-9+. The number of carbonyl (C=O) groups is 2. The van der Waals surface area contributed by atoms with Crippen molar-refractivity contribution in [3.8, 4) is 0 Å². The second-order valence-electron chi connectivity index (χ2n) is 9.19. The minimum atomic E-state index is -0.0748. The number of amides is 2. The lowest BCUT2D eigenvalue weighted by Gasteiger charge is -2.32. The fourth-order valence-electron chi connectivity index (χ4n) is 4.80. The number of H-pyrrole nitrogens is 1. The molecule has 0 atom stereocenters. The van der Waals surface area contributed by atoms with E-state index in [1.54, 1.807) is 17.4 Å². The van der Waals surface area contributed by atoms with Gasteiger partial charge in [-0.05, 0) is 67.5 Å². The van der Waals surface area contributed by atoms with Crippen molar-refractivity contribution in [3.05, 3.63) is 93.6 Å². The van der Waals surface area contributed by atoms with E-state index < -0.39 is 0 Å². The van der Waals surface area contributed by atoms with E-state index >= 15 is 0 Å². The summed E-state index contributed by atoms with van der Waals surface area (Å²) in [6, 6.07) is 16.0. The van der Waals surface area contributed by atoms with Gasteiger partial charge in [0, 0.05) is 59.3 Å². The lowest BCUT2D eigenvalue weighted by molar-refractivity contribution is -0.127. The number of likely N-dealkylation sites (tertiary alicyclic amines) is 1. The molecule has 1 aromatic carbocycles. The van der Waals surface area contributed by atoms with Crippen molar-refractivity contribution in [2.75, 3.05) is 19.6 Å². The number of rotatable bonds is 7. The monoisotopic (exact) mass is 498 g/mol. The Morgan fingerprint density at radius 1 is 1.14 bits per heavy atom. The van der Waals surface area contributed by atoms with Crippen LogP contribution in [0.15, 0.2) is 66.2 Å². The first-order valence-electron chi connectivity index (χ1n) is 12.4. The van der Waals surface area contributed by atoms with E-state index in [-0.39, 0.29) is 17.7 Å². The number of para-hydroxylation sites is 1. The number of aryl methyl sites for hydroxylation is 1.